The summed E-state index contributed by atoms with van der Waals surface area (Å²) < 4.78 is 18.1. The molecule has 0 saturated heterocycles. The topological polar surface area (TPSA) is 33.4 Å². The van der Waals surface area contributed by atoms with E-state index in [1.165, 1.54) is 12.1 Å². The van der Waals surface area contributed by atoms with Crippen LogP contribution in [0.2, 0.25) is 0 Å². The number of fused-ring (bicyclic) bond motifs is 1. The van der Waals surface area contributed by atoms with Crippen molar-refractivity contribution in [2.24, 2.45) is 0 Å². The molecule has 3 heteroatoms. The van der Waals surface area contributed by atoms with Crippen molar-refractivity contribution >= 4 is 11.0 Å². The first-order valence-electron chi connectivity index (χ1n) is 4.08. The standard InChI is InChI=1S/C11H7FO2/c12-9-3-4-11-8(6-9)7-10(14-11)2-1-5-13/h3-4,6-7,13H,5H2. The van der Waals surface area contributed by atoms with Crippen LogP contribution in [-0.2, 0) is 0 Å². The van der Waals surface area contributed by atoms with Crippen molar-refractivity contribution in [3.05, 3.63) is 35.8 Å². The van der Waals surface area contributed by atoms with Crippen molar-refractivity contribution in [1.82, 2.24) is 0 Å². The molecule has 0 aliphatic carbocycles. The highest BCUT2D eigenvalue weighted by Gasteiger charge is 2.01. The molecule has 0 spiro atoms. The van der Waals surface area contributed by atoms with E-state index in [9.17, 15) is 4.39 Å². The second kappa shape index (κ2) is 3.52. The first kappa shape index (κ1) is 8.79. The molecule has 2 aromatic rings. The summed E-state index contributed by atoms with van der Waals surface area (Å²) in [6.07, 6.45) is 0. The summed E-state index contributed by atoms with van der Waals surface area (Å²) in [6.45, 7) is -0.217. The molecule has 0 bridgehead atoms. The predicted molar refractivity (Wildman–Crippen MR) is 50.1 cm³/mol. The molecule has 2 nitrogen and oxygen atoms in total. The van der Waals surface area contributed by atoms with Crippen molar-refractivity contribution in [2.45, 2.75) is 0 Å². The molecular weight excluding hydrogens is 183 g/mol. The molecule has 2 rings (SSSR count). The molecule has 0 aliphatic rings. The Morgan fingerprint density at radius 3 is 3.00 bits per heavy atom. The first-order valence-corrected chi connectivity index (χ1v) is 4.08. The minimum absolute atomic E-state index is 0.217. The van der Waals surface area contributed by atoms with Crippen LogP contribution in [0, 0.1) is 17.7 Å². The minimum Gasteiger partial charge on any atom is -0.448 e. The SMILES string of the molecule is OCC#Cc1cc2cc(F)ccc2o1. The molecule has 0 saturated carbocycles. The number of halogens is 1. The third-order valence-electron chi connectivity index (χ3n) is 1.77. The van der Waals surface area contributed by atoms with Crippen molar-refractivity contribution < 1.29 is 13.9 Å². The van der Waals surface area contributed by atoms with Crippen molar-refractivity contribution in [2.75, 3.05) is 6.61 Å². The van der Waals surface area contributed by atoms with Gasteiger partial charge in [-0.3, -0.25) is 0 Å². The largest absolute Gasteiger partial charge is 0.448 e. The Bertz CT molecular complexity index is 517. The summed E-state index contributed by atoms with van der Waals surface area (Å²) in [5, 5.41) is 9.14. The van der Waals surface area contributed by atoms with Crippen LogP contribution in [0.1, 0.15) is 5.76 Å². The number of benzene rings is 1. The Balaban J connectivity index is 2.51. The number of rotatable bonds is 0. The van der Waals surface area contributed by atoms with Crippen LogP contribution >= 0.6 is 0 Å². The molecular formula is C11H7FO2. The van der Waals surface area contributed by atoms with Gasteiger partial charge in [-0.2, -0.15) is 0 Å². The average molecular weight is 190 g/mol. The van der Waals surface area contributed by atoms with Crippen LogP contribution in [0.5, 0.6) is 0 Å². The van der Waals surface area contributed by atoms with E-state index in [1.54, 1.807) is 12.1 Å². The van der Waals surface area contributed by atoms with Gasteiger partial charge < -0.3 is 9.52 Å². The molecule has 1 aromatic heterocycles. The molecule has 0 unspecified atom stereocenters. The molecule has 0 fully saturated rings. The number of aliphatic hydroxyl groups is 1. The van der Waals surface area contributed by atoms with Crippen LogP contribution < -0.4 is 0 Å². The van der Waals surface area contributed by atoms with E-state index in [2.05, 4.69) is 11.8 Å². The lowest BCUT2D eigenvalue weighted by Crippen LogP contribution is -1.71. The fourth-order valence-electron chi connectivity index (χ4n) is 1.20. The van der Waals surface area contributed by atoms with Gasteiger partial charge in [0.1, 0.15) is 18.0 Å². The van der Waals surface area contributed by atoms with E-state index in [1.807, 2.05) is 0 Å². The van der Waals surface area contributed by atoms with Gasteiger partial charge >= 0.3 is 0 Å². The van der Waals surface area contributed by atoms with Gasteiger partial charge in [0.15, 0.2) is 5.76 Å². The smallest absolute Gasteiger partial charge is 0.178 e. The zero-order valence-electron chi connectivity index (χ0n) is 7.25. The van der Waals surface area contributed by atoms with Crippen molar-refractivity contribution in [1.29, 1.82) is 0 Å². The van der Waals surface area contributed by atoms with E-state index in [4.69, 9.17) is 9.52 Å². The summed E-state index contributed by atoms with van der Waals surface area (Å²) >= 11 is 0. The van der Waals surface area contributed by atoms with Crippen LogP contribution in [0.15, 0.2) is 28.7 Å². The van der Waals surface area contributed by atoms with Gasteiger partial charge in [0.05, 0.1) is 0 Å². The van der Waals surface area contributed by atoms with Gasteiger partial charge in [-0.05, 0) is 24.1 Å². The number of aliphatic hydroxyl groups excluding tert-OH is 1. The van der Waals surface area contributed by atoms with Gasteiger partial charge in [-0.25, -0.2) is 4.39 Å². The molecule has 1 N–H and O–H groups in total. The maximum atomic E-state index is 12.8. The normalized spacial score (nSPS) is 9.86. The van der Waals surface area contributed by atoms with Gasteiger partial charge in [0.25, 0.3) is 0 Å². The van der Waals surface area contributed by atoms with Gasteiger partial charge in [-0.1, -0.05) is 5.92 Å². The van der Waals surface area contributed by atoms with Crippen LogP contribution in [0.25, 0.3) is 11.0 Å². The molecule has 0 radical (unpaired) electrons. The summed E-state index contributed by atoms with van der Waals surface area (Å²) in [5.41, 5.74) is 0.591. The molecule has 0 atom stereocenters. The monoisotopic (exact) mass is 190 g/mol. The zero-order chi connectivity index (χ0) is 9.97. The van der Waals surface area contributed by atoms with Gasteiger partial charge in [0.2, 0.25) is 0 Å². The number of hydrogen-bond acceptors (Lipinski definition) is 2. The minimum atomic E-state index is -0.306. The molecule has 1 aromatic carbocycles. The third-order valence-corrected chi connectivity index (χ3v) is 1.77. The Hall–Kier alpha value is -1.79. The van der Waals surface area contributed by atoms with E-state index < -0.39 is 0 Å². The van der Waals surface area contributed by atoms with Crippen LogP contribution in [-0.4, -0.2) is 11.7 Å². The number of furan rings is 1. The first-order chi connectivity index (χ1) is 6.79. The highest BCUT2D eigenvalue weighted by Crippen LogP contribution is 2.19. The molecule has 70 valence electrons. The summed E-state index contributed by atoms with van der Waals surface area (Å²) in [4.78, 5) is 0. The Morgan fingerprint density at radius 2 is 2.21 bits per heavy atom. The lowest BCUT2D eigenvalue weighted by molar-refractivity contribution is 0.350. The highest BCUT2D eigenvalue weighted by atomic mass is 19.1. The number of hydrogen-bond donors (Lipinski definition) is 1. The zero-order valence-corrected chi connectivity index (χ0v) is 7.25. The van der Waals surface area contributed by atoms with Crippen molar-refractivity contribution in [3.63, 3.8) is 0 Å². The molecule has 14 heavy (non-hydrogen) atoms. The quantitative estimate of drug-likeness (QED) is 0.644. The van der Waals surface area contributed by atoms with Crippen LogP contribution in [0.3, 0.4) is 0 Å². The summed E-state index contributed by atoms with van der Waals surface area (Å²) in [5.74, 6) is 5.20. The second-order valence-corrected chi connectivity index (χ2v) is 2.75. The van der Waals surface area contributed by atoms with E-state index in [0.717, 1.165) is 0 Å². The molecule has 0 amide bonds. The van der Waals surface area contributed by atoms with Crippen LogP contribution in [0.4, 0.5) is 4.39 Å². The third kappa shape index (κ3) is 1.61. The van der Waals surface area contributed by atoms with Gasteiger partial charge in [0, 0.05) is 11.5 Å². The fourth-order valence-corrected chi connectivity index (χ4v) is 1.20. The summed E-state index contributed by atoms with van der Waals surface area (Å²) in [7, 11) is 0. The predicted octanol–water partition coefficient (Wildman–Crippen LogP) is 1.92. The second-order valence-electron chi connectivity index (χ2n) is 2.75. The summed E-state index contributed by atoms with van der Waals surface area (Å²) in [6, 6.07) is 5.90. The van der Waals surface area contributed by atoms with Gasteiger partial charge in [-0.15, -0.1) is 0 Å². The van der Waals surface area contributed by atoms with E-state index >= 15 is 0 Å². The molecule has 1 heterocycles. The maximum absolute atomic E-state index is 12.8. The lowest BCUT2D eigenvalue weighted by atomic mass is 10.2. The highest BCUT2D eigenvalue weighted by molar-refractivity contribution is 5.78. The average Bonchev–Trinajstić information content (AvgIpc) is 2.56. The lowest BCUT2D eigenvalue weighted by Gasteiger charge is -1.86. The Kier molecular flexibility index (Phi) is 2.21. The fraction of sp³-hybridized carbons (Fsp3) is 0.0909. The molecule has 0 aliphatic heterocycles. The van der Waals surface area contributed by atoms with E-state index in [-0.39, 0.29) is 12.4 Å². The Morgan fingerprint density at radius 1 is 1.36 bits per heavy atom. The van der Waals surface area contributed by atoms with E-state index in [0.29, 0.717) is 16.7 Å². The Labute approximate surface area is 80.0 Å². The van der Waals surface area contributed by atoms with Crippen molar-refractivity contribution in [3.8, 4) is 11.8 Å². The maximum Gasteiger partial charge on any atom is 0.178 e.